The Morgan fingerprint density at radius 1 is 1.00 bits per heavy atom. The highest BCUT2D eigenvalue weighted by atomic mass is 35.5. The lowest BCUT2D eigenvalue weighted by Crippen LogP contribution is -2.00. The van der Waals surface area contributed by atoms with Gasteiger partial charge in [0.1, 0.15) is 23.5 Å². The molecule has 2 aromatic rings. The van der Waals surface area contributed by atoms with Gasteiger partial charge in [-0.25, -0.2) is 0 Å². The van der Waals surface area contributed by atoms with Crippen LogP contribution in [0.2, 0.25) is 10.0 Å². The van der Waals surface area contributed by atoms with Gasteiger partial charge in [0.2, 0.25) is 0 Å². The van der Waals surface area contributed by atoms with Gasteiger partial charge in [-0.1, -0.05) is 75.8 Å². The number of hydrogen-bond acceptors (Lipinski definition) is 4. The minimum absolute atomic E-state index is 0.138. The molecule has 0 spiro atoms. The van der Waals surface area contributed by atoms with Crippen molar-refractivity contribution in [3.05, 3.63) is 68.1 Å². The van der Waals surface area contributed by atoms with Gasteiger partial charge in [0, 0.05) is 12.1 Å². The predicted molar refractivity (Wildman–Crippen MR) is 126 cm³/mol. The molecule has 2 rings (SSSR count). The maximum Gasteiger partial charge on any atom is 0.156 e. The van der Waals surface area contributed by atoms with Crippen molar-refractivity contribution in [1.82, 2.24) is 0 Å². The summed E-state index contributed by atoms with van der Waals surface area (Å²) in [4.78, 5) is 4.96. The Labute approximate surface area is 197 Å². The van der Waals surface area contributed by atoms with Crippen LogP contribution in [0.3, 0.4) is 0 Å². The third-order valence-electron chi connectivity index (χ3n) is 3.95. The fraction of sp³-hybridized carbons (Fsp3) is 0.318. The monoisotopic (exact) mass is 489 g/mol. The first-order chi connectivity index (χ1) is 14.5. The molecule has 0 radical (unpaired) electrons. The Balaban J connectivity index is 1.75. The van der Waals surface area contributed by atoms with E-state index in [1.807, 2.05) is 19.1 Å². The molecule has 0 heterocycles. The molecule has 0 aliphatic heterocycles. The molecule has 0 saturated heterocycles. The zero-order chi connectivity index (χ0) is 21.8. The molecule has 0 amide bonds. The summed E-state index contributed by atoms with van der Waals surface area (Å²) >= 11 is 23.6. The summed E-state index contributed by atoms with van der Waals surface area (Å²) in [6.07, 6.45) is 6.04. The van der Waals surface area contributed by atoms with Gasteiger partial charge in [-0.2, -0.15) is 0 Å². The number of ether oxygens (including phenoxy) is 2. The number of benzene rings is 2. The summed E-state index contributed by atoms with van der Waals surface area (Å²) in [6.45, 7) is 3.19. The second-order valence-electron chi connectivity index (χ2n) is 6.22. The summed E-state index contributed by atoms with van der Waals surface area (Å²) in [6, 6.07) is 11.5. The number of rotatable bonds is 12. The van der Waals surface area contributed by atoms with Gasteiger partial charge in [-0.15, -0.1) is 0 Å². The molecule has 2 aromatic carbocycles. The molecule has 30 heavy (non-hydrogen) atoms. The second kappa shape index (κ2) is 13.7. The summed E-state index contributed by atoms with van der Waals surface area (Å²) in [5.41, 5.74) is 2.27. The number of unbranched alkanes of at least 4 members (excludes halogenated alkanes) is 1. The van der Waals surface area contributed by atoms with E-state index in [0.717, 1.165) is 24.8 Å². The Morgan fingerprint density at radius 3 is 2.33 bits per heavy atom. The molecule has 0 unspecified atom stereocenters. The van der Waals surface area contributed by atoms with Crippen LogP contribution in [0, 0.1) is 0 Å². The van der Waals surface area contributed by atoms with Crippen molar-refractivity contribution in [2.24, 2.45) is 5.16 Å². The molecular formula is C22H23Cl4NO3. The minimum atomic E-state index is 0.138. The lowest BCUT2D eigenvalue weighted by atomic mass is 10.1. The van der Waals surface area contributed by atoms with Crippen LogP contribution in [0.15, 0.2) is 52.1 Å². The van der Waals surface area contributed by atoms with E-state index in [1.165, 1.54) is 11.6 Å². The summed E-state index contributed by atoms with van der Waals surface area (Å²) < 4.78 is 11.4. The number of aryl methyl sites for hydroxylation is 1. The second-order valence-corrected chi connectivity index (χ2v) is 8.04. The fourth-order valence-electron chi connectivity index (χ4n) is 2.51. The van der Waals surface area contributed by atoms with Crippen LogP contribution in [0.5, 0.6) is 11.5 Å². The average Bonchev–Trinajstić information content (AvgIpc) is 2.70. The average molecular weight is 491 g/mol. The predicted octanol–water partition coefficient (Wildman–Crippen LogP) is 7.46. The lowest BCUT2D eigenvalue weighted by molar-refractivity contribution is 0.160. The molecule has 0 N–H and O–H groups in total. The highest BCUT2D eigenvalue weighted by Gasteiger charge is 2.10. The largest absolute Gasteiger partial charge is 0.490 e. The Morgan fingerprint density at radius 2 is 1.70 bits per heavy atom. The smallest absolute Gasteiger partial charge is 0.156 e. The number of hydrogen-bond donors (Lipinski definition) is 0. The highest BCUT2D eigenvalue weighted by Crippen LogP contribution is 2.37. The Hall–Kier alpha value is -1.59. The molecular weight excluding hydrogens is 468 g/mol. The van der Waals surface area contributed by atoms with Crippen LogP contribution in [-0.4, -0.2) is 26.0 Å². The number of oxime groups is 1. The maximum absolute atomic E-state index is 6.27. The zero-order valence-corrected chi connectivity index (χ0v) is 19.6. The van der Waals surface area contributed by atoms with E-state index in [2.05, 4.69) is 17.3 Å². The van der Waals surface area contributed by atoms with Crippen molar-refractivity contribution >= 4 is 52.6 Å². The van der Waals surface area contributed by atoms with E-state index >= 15 is 0 Å². The van der Waals surface area contributed by atoms with Crippen molar-refractivity contribution < 1.29 is 14.3 Å². The quantitative estimate of drug-likeness (QED) is 0.176. The molecule has 0 aromatic heterocycles. The SMILES string of the molecule is CCO/N=C/c1ccc(CCCCOc2c(Cl)cc(OCC=C(Cl)Cl)cc2Cl)cc1. The molecule has 162 valence electrons. The van der Waals surface area contributed by atoms with E-state index in [4.69, 9.17) is 60.7 Å². The maximum atomic E-state index is 6.27. The van der Waals surface area contributed by atoms with Crippen LogP contribution in [0.1, 0.15) is 30.9 Å². The van der Waals surface area contributed by atoms with Gasteiger partial charge in [-0.3, -0.25) is 0 Å². The highest BCUT2D eigenvalue weighted by molar-refractivity contribution is 6.55. The molecule has 0 bridgehead atoms. The third-order valence-corrected chi connectivity index (χ3v) is 4.82. The Bertz CT molecular complexity index is 827. The van der Waals surface area contributed by atoms with E-state index in [1.54, 1.807) is 18.3 Å². The molecule has 0 atom stereocenters. The molecule has 0 aliphatic rings. The topological polar surface area (TPSA) is 40.0 Å². The first-order valence-corrected chi connectivity index (χ1v) is 11.0. The van der Waals surface area contributed by atoms with Crippen molar-refractivity contribution in [2.45, 2.75) is 26.2 Å². The number of nitrogens with zero attached hydrogens (tertiary/aromatic N) is 1. The van der Waals surface area contributed by atoms with Gasteiger partial charge in [0.05, 0.1) is 22.9 Å². The summed E-state index contributed by atoms with van der Waals surface area (Å²) in [5.74, 6) is 0.965. The first-order valence-electron chi connectivity index (χ1n) is 9.49. The van der Waals surface area contributed by atoms with Gasteiger partial charge < -0.3 is 14.3 Å². The molecule has 4 nitrogen and oxygen atoms in total. The van der Waals surface area contributed by atoms with Crippen LogP contribution in [0.25, 0.3) is 0 Å². The lowest BCUT2D eigenvalue weighted by Gasteiger charge is -2.12. The van der Waals surface area contributed by atoms with Crippen molar-refractivity contribution in [2.75, 3.05) is 19.8 Å². The fourth-order valence-corrected chi connectivity index (χ4v) is 3.21. The van der Waals surface area contributed by atoms with Crippen LogP contribution < -0.4 is 9.47 Å². The van der Waals surface area contributed by atoms with Crippen molar-refractivity contribution in [3.8, 4) is 11.5 Å². The third kappa shape index (κ3) is 9.05. The summed E-state index contributed by atoms with van der Waals surface area (Å²) in [7, 11) is 0. The van der Waals surface area contributed by atoms with Crippen LogP contribution in [0.4, 0.5) is 0 Å². The van der Waals surface area contributed by atoms with E-state index in [-0.39, 0.29) is 11.1 Å². The van der Waals surface area contributed by atoms with Crippen molar-refractivity contribution in [3.63, 3.8) is 0 Å². The minimum Gasteiger partial charge on any atom is -0.490 e. The molecule has 0 saturated carbocycles. The van der Waals surface area contributed by atoms with E-state index in [0.29, 0.717) is 34.8 Å². The standard InChI is InChI=1S/C22H23Cl4NO3/c1-2-30-27-15-17-8-6-16(7-9-17)5-3-4-11-29-22-19(23)13-18(14-20(22)24)28-12-10-21(25)26/h6-10,13-15H,2-5,11-12H2,1H3/b27-15+. The van der Waals surface area contributed by atoms with E-state index < -0.39 is 0 Å². The first kappa shape index (κ1) is 24.7. The Kier molecular flexibility index (Phi) is 11.2. The molecule has 8 heteroatoms. The zero-order valence-electron chi connectivity index (χ0n) is 16.5. The van der Waals surface area contributed by atoms with Gasteiger partial charge in [-0.05, 0) is 43.4 Å². The summed E-state index contributed by atoms with van der Waals surface area (Å²) in [5, 5.41) is 4.64. The number of halogens is 4. The molecule has 0 fully saturated rings. The van der Waals surface area contributed by atoms with Crippen LogP contribution >= 0.6 is 46.4 Å². The van der Waals surface area contributed by atoms with Gasteiger partial charge in [0.15, 0.2) is 5.75 Å². The van der Waals surface area contributed by atoms with E-state index in [9.17, 15) is 0 Å². The normalized spacial score (nSPS) is 10.8. The van der Waals surface area contributed by atoms with Crippen LogP contribution in [-0.2, 0) is 11.3 Å². The van der Waals surface area contributed by atoms with Gasteiger partial charge in [0.25, 0.3) is 0 Å². The van der Waals surface area contributed by atoms with Crippen molar-refractivity contribution in [1.29, 1.82) is 0 Å². The van der Waals surface area contributed by atoms with Gasteiger partial charge >= 0.3 is 0 Å². The molecule has 0 aliphatic carbocycles.